The van der Waals surface area contributed by atoms with Crippen molar-refractivity contribution in [2.24, 2.45) is 7.05 Å². The zero-order chi connectivity index (χ0) is 21.4. The van der Waals surface area contributed by atoms with Crippen LogP contribution in [0.15, 0.2) is 41.7 Å². The van der Waals surface area contributed by atoms with E-state index >= 15 is 0 Å². The molecule has 12 heteroatoms. The maximum atomic E-state index is 13.5. The molecular formula is C18H15ClF2IN6PS. The summed E-state index contributed by atoms with van der Waals surface area (Å²) in [5.41, 5.74) is 3.90. The van der Waals surface area contributed by atoms with Crippen LogP contribution < -0.4 is 5.32 Å². The minimum absolute atomic E-state index is 0.0247. The van der Waals surface area contributed by atoms with Gasteiger partial charge >= 0.3 is 0 Å². The van der Waals surface area contributed by atoms with Gasteiger partial charge in [-0.1, -0.05) is 17.7 Å². The molecule has 0 amide bonds. The molecule has 1 N–H and O–H groups in total. The Hall–Kier alpha value is -1.49. The van der Waals surface area contributed by atoms with Crippen LogP contribution in [0.25, 0.3) is 22.4 Å². The van der Waals surface area contributed by atoms with Crippen molar-refractivity contribution in [2.45, 2.75) is 11.3 Å². The quantitative estimate of drug-likeness (QED) is 0.120. The number of aromatic nitrogens is 5. The average Bonchev–Trinajstić information content (AvgIpc) is 3.31. The molecule has 1 unspecified atom stereocenters. The fourth-order valence-corrected chi connectivity index (χ4v) is 5.69. The first-order valence-corrected chi connectivity index (χ1v) is 14.2. The predicted octanol–water partition coefficient (Wildman–Crippen LogP) is 6.68. The summed E-state index contributed by atoms with van der Waals surface area (Å²) in [6.07, 6.45) is 2.99. The van der Waals surface area contributed by atoms with Crippen molar-refractivity contribution in [3.05, 3.63) is 47.8 Å². The Labute approximate surface area is 195 Å². The van der Waals surface area contributed by atoms with Gasteiger partial charge in [-0.2, -0.15) is 0 Å². The molecule has 4 rings (SSSR count). The number of imidazole rings is 2. The molecule has 0 saturated carbocycles. The standard InChI is InChI=1S/C18H15ClF2IN6PS/c1-27-7-12(23-8-27)9-3-4-10(13(5-9)30-2)24-11-6-14(19)25-17-15(11)26-18(16(20)21)28(17)29-22/h3-8,16,29H,1-2H3,(H,24,25). The third-order valence-electron chi connectivity index (χ3n) is 4.36. The first-order chi connectivity index (χ1) is 14.4. The van der Waals surface area contributed by atoms with Gasteiger partial charge in [0.1, 0.15) is 10.7 Å². The van der Waals surface area contributed by atoms with Gasteiger partial charge in [-0.15, -0.1) is 11.8 Å². The van der Waals surface area contributed by atoms with Gasteiger partial charge < -0.3 is 9.88 Å². The number of benzene rings is 1. The zero-order valence-corrected chi connectivity index (χ0v) is 20.4. The van der Waals surface area contributed by atoms with E-state index in [9.17, 15) is 8.78 Å². The summed E-state index contributed by atoms with van der Waals surface area (Å²) in [5.74, 6) is -0.314. The maximum Gasteiger partial charge on any atom is 0.295 e. The van der Waals surface area contributed by atoms with E-state index in [-0.39, 0.29) is 17.4 Å². The number of halogens is 4. The topological polar surface area (TPSA) is 60.6 Å². The van der Waals surface area contributed by atoms with E-state index in [1.165, 1.54) is 4.34 Å². The molecule has 3 heterocycles. The fraction of sp³-hybridized carbons (Fsp3) is 0.167. The van der Waals surface area contributed by atoms with Gasteiger partial charge in [0.2, 0.25) is 0 Å². The van der Waals surface area contributed by atoms with Crippen molar-refractivity contribution in [1.82, 2.24) is 23.9 Å². The summed E-state index contributed by atoms with van der Waals surface area (Å²) < 4.78 is 30.2. The fourth-order valence-electron chi connectivity index (χ4n) is 3.02. The van der Waals surface area contributed by atoms with Crippen LogP contribution in [0.2, 0.25) is 5.15 Å². The van der Waals surface area contributed by atoms with Gasteiger partial charge in [-0.25, -0.2) is 23.7 Å². The van der Waals surface area contributed by atoms with Gasteiger partial charge in [0.15, 0.2) is 11.5 Å². The largest absolute Gasteiger partial charge is 0.353 e. The minimum atomic E-state index is -2.70. The van der Waals surface area contributed by atoms with Crippen LogP contribution in [0.4, 0.5) is 20.2 Å². The molecule has 6 nitrogen and oxygen atoms in total. The molecule has 4 aromatic rings. The molecule has 1 atom stereocenters. The number of nitrogens with one attached hydrogen (secondary N) is 1. The van der Waals surface area contributed by atoms with Crippen molar-refractivity contribution in [1.29, 1.82) is 0 Å². The van der Waals surface area contributed by atoms with Crippen LogP contribution in [-0.4, -0.2) is 30.1 Å². The first kappa shape index (κ1) is 21.7. The van der Waals surface area contributed by atoms with Crippen LogP contribution in [0.5, 0.6) is 0 Å². The highest BCUT2D eigenvalue weighted by molar-refractivity contribution is 14.2. The molecule has 3 aromatic heterocycles. The number of alkyl halides is 2. The van der Waals surface area contributed by atoms with E-state index in [0.717, 1.165) is 21.8 Å². The van der Waals surface area contributed by atoms with Crippen LogP contribution in [0.1, 0.15) is 12.2 Å². The smallest absolute Gasteiger partial charge is 0.295 e. The van der Waals surface area contributed by atoms with Crippen LogP contribution in [-0.2, 0) is 7.05 Å². The van der Waals surface area contributed by atoms with Crippen molar-refractivity contribution >= 4 is 74.3 Å². The molecule has 0 aliphatic heterocycles. The van der Waals surface area contributed by atoms with Gasteiger partial charge in [0, 0.05) is 29.8 Å². The number of hydrogen-bond donors (Lipinski definition) is 1. The van der Waals surface area contributed by atoms with E-state index in [0.29, 0.717) is 16.9 Å². The van der Waals surface area contributed by atoms with Crippen molar-refractivity contribution in [2.75, 3.05) is 11.6 Å². The van der Waals surface area contributed by atoms with E-state index in [1.807, 2.05) is 64.3 Å². The Kier molecular flexibility index (Phi) is 6.47. The summed E-state index contributed by atoms with van der Waals surface area (Å²) in [6.45, 7) is 0. The molecule has 156 valence electrons. The van der Waals surface area contributed by atoms with Crippen LogP contribution in [0, 0.1) is 0 Å². The van der Waals surface area contributed by atoms with E-state index < -0.39 is 6.43 Å². The minimum Gasteiger partial charge on any atom is -0.353 e. The molecule has 0 fully saturated rings. The lowest BCUT2D eigenvalue weighted by Gasteiger charge is -2.13. The summed E-state index contributed by atoms with van der Waals surface area (Å²) in [5, 5.41) is 3.51. The normalized spacial score (nSPS) is 12.0. The second-order valence-electron chi connectivity index (χ2n) is 6.32. The maximum absolute atomic E-state index is 13.5. The van der Waals surface area contributed by atoms with Crippen LogP contribution in [0.3, 0.4) is 0 Å². The molecule has 0 radical (unpaired) electrons. The lowest BCUT2D eigenvalue weighted by molar-refractivity contribution is 0.140. The average molecular weight is 579 g/mol. The third-order valence-corrected chi connectivity index (χ3v) is 7.39. The van der Waals surface area contributed by atoms with Crippen LogP contribution >= 0.6 is 51.8 Å². The van der Waals surface area contributed by atoms with E-state index in [2.05, 4.69) is 20.3 Å². The Morgan fingerprint density at radius 3 is 2.67 bits per heavy atom. The third kappa shape index (κ3) is 4.15. The number of fused-ring (bicyclic) bond motifs is 1. The van der Waals surface area contributed by atoms with Crippen molar-refractivity contribution in [3.63, 3.8) is 0 Å². The van der Waals surface area contributed by atoms with Gasteiger partial charge in [-0.05, 0) is 40.4 Å². The summed E-state index contributed by atoms with van der Waals surface area (Å²) in [4.78, 5) is 13.8. The SMILES string of the molecule is CSc1cc(-c2cn(C)cn2)ccc1Nc1cc(Cl)nc2c1nc(C(F)F)n2PI. The highest BCUT2D eigenvalue weighted by atomic mass is 127. The number of nitrogens with zero attached hydrogens (tertiary/aromatic N) is 5. The number of anilines is 2. The number of aryl methyl sites for hydroxylation is 1. The summed E-state index contributed by atoms with van der Waals surface area (Å²) in [7, 11) is 1.92. The number of hydrogen-bond acceptors (Lipinski definition) is 5. The first-order valence-electron chi connectivity index (χ1n) is 8.58. The highest BCUT2D eigenvalue weighted by Crippen LogP contribution is 2.39. The van der Waals surface area contributed by atoms with Crippen molar-refractivity contribution in [3.8, 4) is 11.3 Å². The molecule has 0 saturated heterocycles. The Balaban J connectivity index is 1.79. The second kappa shape index (κ2) is 8.94. The monoisotopic (exact) mass is 578 g/mol. The molecule has 0 bridgehead atoms. The van der Waals surface area contributed by atoms with E-state index in [4.69, 9.17) is 11.6 Å². The predicted molar refractivity (Wildman–Crippen MR) is 129 cm³/mol. The lowest BCUT2D eigenvalue weighted by atomic mass is 10.1. The summed E-state index contributed by atoms with van der Waals surface area (Å²) in [6, 6.07) is 7.52. The number of rotatable bonds is 6. The molecule has 30 heavy (non-hydrogen) atoms. The number of thioether (sulfide) groups is 1. The van der Waals surface area contributed by atoms with Gasteiger partial charge in [0.05, 0.1) is 29.8 Å². The van der Waals surface area contributed by atoms with Gasteiger partial charge in [-0.3, -0.25) is 4.34 Å². The Bertz CT molecular complexity index is 1230. The zero-order valence-electron chi connectivity index (χ0n) is 15.7. The number of pyridine rings is 1. The highest BCUT2D eigenvalue weighted by Gasteiger charge is 2.22. The molecule has 0 aliphatic rings. The van der Waals surface area contributed by atoms with Gasteiger partial charge in [0.25, 0.3) is 6.43 Å². The summed E-state index contributed by atoms with van der Waals surface area (Å²) >= 11 is 9.79. The van der Waals surface area contributed by atoms with E-state index in [1.54, 1.807) is 24.2 Å². The Morgan fingerprint density at radius 2 is 2.03 bits per heavy atom. The van der Waals surface area contributed by atoms with Crippen molar-refractivity contribution < 1.29 is 8.78 Å². The molecule has 0 aliphatic carbocycles. The molecular weight excluding hydrogens is 564 g/mol. The Morgan fingerprint density at radius 1 is 1.23 bits per heavy atom. The second-order valence-corrected chi connectivity index (χ2v) is 9.62. The molecule has 0 spiro atoms. The molecule has 1 aromatic carbocycles. The lowest BCUT2D eigenvalue weighted by Crippen LogP contribution is -1.96.